The molecule has 0 amide bonds. The molecule has 0 fully saturated rings. The van der Waals surface area contributed by atoms with Crippen molar-refractivity contribution >= 4 is 31.6 Å². The zero-order valence-electron chi connectivity index (χ0n) is 14.2. The number of aromatic hydroxyl groups is 1. The monoisotopic (exact) mass is 428 g/mol. The molecule has 0 radical (unpaired) electrons. The molecule has 0 aromatic heterocycles. The zero-order chi connectivity index (χ0) is 16.5. The molecule has 0 unspecified atom stereocenters. The molecule has 2 aromatic carbocycles. The average molecular weight is 428 g/mol. The summed E-state index contributed by atoms with van der Waals surface area (Å²) in [4.78, 5) is 5.96. The summed E-state index contributed by atoms with van der Waals surface area (Å²) in [5, 5.41) is 9.92. The van der Waals surface area contributed by atoms with Crippen molar-refractivity contribution in [2.45, 2.75) is 37.3 Å². The van der Waals surface area contributed by atoms with Gasteiger partial charge < -0.3 is 0 Å². The van der Waals surface area contributed by atoms with Gasteiger partial charge in [-0.25, -0.2) is 0 Å². The van der Waals surface area contributed by atoms with Crippen LogP contribution < -0.4 is 0 Å². The van der Waals surface area contributed by atoms with Crippen LogP contribution in [0.3, 0.4) is 0 Å². The van der Waals surface area contributed by atoms with Gasteiger partial charge in [0, 0.05) is 0 Å². The minimum absolute atomic E-state index is 0.00884. The summed E-state index contributed by atoms with van der Waals surface area (Å²) < 4.78 is 1.54. The Hall–Kier alpha value is -0.680. The van der Waals surface area contributed by atoms with Gasteiger partial charge in [0.2, 0.25) is 0 Å². The first kappa shape index (κ1) is 17.7. The van der Waals surface area contributed by atoms with Crippen LogP contribution >= 0.6 is 31.6 Å². The Bertz CT molecular complexity index is 637. The van der Waals surface area contributed by atoms with Crippen molar-refractivity contribution in [3.8, 4) is 5.75 Å². The molecule has 2 aromatic rings. The van der Waals surface area contributed by atoms with Crippen LogP contribution in [-0.4, -0.2) is 15.0 Å². The van der Waals surface area contributed by atoms with Gasteiger partial charge in [-0.3, -0.25) is 0 Å². The summed E-state index contributed by atoms with van der Waals surface area (Å²) in [5.41, 5.74) is 3.24. The van der Waals surface area contributed by atoms with Gasteiger partial charge >= 0.3 is 146 Å². The van der Waals surface area contributed by atoms with E-state index >= 15 is 0 Å². The van der Waals surface area contributed by atoms with E-state index < -0.39 is 19.8 Å². The number of phenols is 1. The van der Waals surface area contributed by atoms with Gasteiger partial charge in [-0.15, -0.1) is 0 Å². The molecule has 1 N–H and O–H groups in total. The summed E-state index contributed by atoms with van der Waals surface area (Å²) in [6.45, 7) is 8.45. The molecule has 0 spiro atoms. The van der Waals surface area contributed by atoms with Gasteiger partial charge in [0.05, 0.1) is 0 Å². The van der Waals surface area contributed by atoms with Crippen LogP contribution in [0.1, 0.15) is 30.5 Å². The maximum atomic E-state index is 9.92. The molecule has 1 nitrogen and oxygen atoms in total. The second kappa shape index (κ2) is 6.83. The topological polar surface area (TPSA) is 20.2 Å². The Labute approximate surface area is 145 Å². The molecular weight excluding hydrogens is 403 g/mol. The fourth-order valence-corrected chi connectivity index (χ4v) is 5.54. The molecule has 120 valence electrons. The first-order valence-corrected chi connectivity index (χ1v) is 13.5. The van der Waals surface area contributed by atoms with Gasteiger partial charge in [-0.1, -0.05) is 0 Å². The number of rotatable bonds is 4. The molecular formula is C19H25IOS. The molecule has 0 saturated heterocycles. The third-order valence-corrected chi connectivity index (χ3v) is 8.24. The molecule has 0 saturated carbocycles. The summed E-state index contributed by atoms with van der Waals surface area (Å²) in [6.07, 6.45) is 0. The Kier molecular flexibility index (Phi) is 5.49. The van der Waals surface area contributed by atoms with E-state index in [1.165, 1.54) is 14.0 Å². The normalized spacial score (nSPS) is 12.4. The van der Waals surface area contributed by atoms with Gasteiger partial charge in [-0.2, -0.15) is 0 Å². The van der Waals surface area contributed by atoms with Gasteiger partial charge in [0.1, 0.15) is 0 Å². The second-order valence-corrected chi connectivity index (χ2v) is 13.5. The molecule has 0 heterocycles. The third kappa shape index (κ3) is 3.99. The van der Waals surface area contributed by atoms with E-state index in [0.717, 1.165) is 11.1 Å². The van der Waals surface area contributed by atoms with Crippen molar-refractivity contribution in [3.05, 3.63) is 56.7 Å². The molecule has 0 aliphatic rings. The molecule has 3 heteroatoms. The number of benzene rings is 2. The van der Waals surface area contributed by atoms with E-state index in [4.69, 9.17) is 0 Å². The Morgan fingerprint density at radius 1 is 0.955 bits per heavy atom. The van der Waals surface area contributed by atoms with Gasteiger partial charge in [0.15, 0.2) is 0 Å². The summed E-state index contributed by atoms with van der Waals surface area (Å²) in [6, 6.07) is 13.3. The van der Waals surface area contributed by atoms with Crippen molar-refractivity contribution in [2.24, 2.45) is 0 Å². The van der Waals surface area contributed by atoms with Crippen LogP contribution in [0.25, 0.3) is 0 Å². The summed E-state index contributed by atoms with van der Waals surface area (Å²) in [5.74, 6) is 0.411. The van der Waals surface area contributed by atoms with Crippen LogP contribution in [0.4, 0.5) is 0 Å². The van der Waals surface area contributed by atoms with Gasteiger partial charge in [-0.05, 0) is 0 Å². The number of hydrogen-bond acceptors (Lipinski definition) is 2. The predicted octanol–water partition coefficient (Wildman–Crippen LogP) is 5.97. The predicted molar refractivity (Wildman–Crippen MR) is 107 cm³/mol. The third-order valence-electron chi connectivity index (χ3n) is 3.81. The fraction of sp³-hybridized carbons (Fsp3) is 0.368. The Morgan fingerprint density at radius 3 is 1.91 bits per heavy atom. The van der Waals surface area contributed by atoms with Crippen molar-refractivity contribution in [2.75, 3.05) is 9.86 Å². The molecule has 2 rings (SSSR count). The summed E-state index contributed by atoms with van der Waals surface area (Å²) in [7, 11) is 0. The van der Waals surface area contributed by atoms with Crippen LogP contribution in [0.5, 0.6) is 5.75 Å². The molecule has 0 bridgehead atoms. The maximum absolute atomic E-state index is 9.92. The van der Waals surface area contributed by atoms with E-state index in [0.29, 0.717) is 5.75 Å². The van der Waals surface area contributed by atoms with Crippen molar-refractivity contribution < 1.29 is 5.11 Å². The number of phenolic OH excluding ortho intramolecular Hbond substituents is 1. The van der Waals surface area contributed by atoms with Crippen molar-refractivity contribution in [1.29, 1.82) is 0 Å². The zero-order valence-corrected chi connectivity index (χ0v) is 17.2. The first-order valence-electron chi connectivity index (χ1n) is 7.30. The standard InChI is InChI=1S/C19H25IOS/c1-13-11-17(12-14(2)18(13)21)22-19(3,4)15-7-9-16(10-8-15)20(5)6/h7-12,21H,1-6H3. The number of aryl methyl sites for hydroxylation is 2. The van der Waals surface area contributed by atoms with Crippen molar-refractivity contribution in [3.63, 3.8) is 0 Å². The van der Waals surface area contributed by atoms with E-state index in [9.17, 15) is 5.11 Å². The number of halogens is 1. The second-order valence-electron chi connectivity index (χ2n) is 6.28. The molecule has 0 atom stereocenters. The number of alkyl halides is 2. The van der Waals surface area contributed by atoms with E-state index in [2.05, 4.69) is 60.1 Å². The molecule has 0 aliphatic carbocycles. The Morgan fingerprint density at radius 2 is 1.45 bits per heavy atom. The van der Waals surface area contributed by atoms with Crippen LogP contribution in [0.2, 0.25) is 0 Å². The van der Waals surface area contributed by atoms with Crippen LogP contribution in [0.15, 0.2) is 41.3 Å². The van der Waals surface area contributed by atoms with Crippen LogP contribution in [0, 0.1) is 17.4 Å². The summed E-state index contributed by atoms with van der Waals surface area (Å²) >= 11 is 0.961. The SMILES string of the molecule is Cc1cc(SC(C)(C)c2ccc(I(C)C)cc2)cc(C)c1O. The number of hydrogen-bond donors (Lipinski definition) is 1. The van der Waals surface area contributed by atoms with Gasteiger partial charge in [0.25, 0.3) is 0 Å². The van der Waals surface area contributed by atoms with E-state index in [-0.39, 0.29) is 4.75 Å². The average Bonchev–Trinajstić information content (AvgIpc) is 2.44. The quantitative estimate of drug-likeness (QED) is 0.368. The van der Waals surface area contributed by atoms with E-state index in [1.807, 2.05) is 25.6 Å². The molecule has 22 heavy (non-hydrogen) atoms. The van der Waals surface area contributed by atoms with Crippen molar-refractivity contribution in [1.82, 2.24) is 0 Å². The van der Waals surface area contributed by atoms with Crippen LogP contribution in [-0.2, 0) is 4.75 Å². The minimum atomic E-state index is -0.891. The van der Waals surface area contributed by atoms with E-state index in [1.54, 1.807) is 0 Å². The number of thioether (sulfide) groups is 1. The Balaban J connectivity index is 2.27. The first-order chi connectivity index (χ1) is 10.2. The molecule has 0 aliphatic heterocycles. The fourth-order valence-electron chi connectivity index (χ4n) is 2.43.